The van der Waals surface area contributed by atoms with Gasteiger partial charge in [0.2, 0.25) is 6.41 Å². The first-order valence-electron chi connectivity index (χ1n) is 7.23. The van der Waals surface area contributed by atoms with Crippen LogP contribution in [-0.2, 0) is 4.79 Å². The molecule has 1 atom stereocenters. The van der Waals surface area contributed by atoms with Crippen molar-refractivity contribution in [3.8, 4) is 5.75 Å². The Bertz CT molecular complexity index is 424. The molecule has 0 radical (unpaired) electrons. The van der Waals surface area contributed by atoms with Crippen LogP contribution in [0.5, 0.6) is 5.75 Å². The van der Waals surface area contributed by atoms with E-state index in [2.05, 4.69) is 5.32 Å². The number of benzene rings is 1. The lowest BCUT2D eigenvalue weighted by Gasteiger charge is -2.39. The van der Waals surface area contributed by atoms with Crippen molar-refractivity contribution in [3.63, 3.8) is 0 Å². The van der Waals surface area contributed by atoms with Gasteiger partial charge in [-0.2, -0.15) is 0 Å². The third-order valence-corrected chi connectivity index (χ3v) is 4.29. The Hall–Kier alpha value is -1.55. The van der Waals surface area contributed by atoms with E-state index in [4.69, 9.17) is 4.74 Å². The van der Waals surface area contributed by atoms with Crippen LogP contribution in [0.25, 0.3) is 0 Å². The van der Waals surface area contributed by atoms with Crippen LogP contribution in [0.1, 0.15) is 43.6 Å². The summed E-state index contributed by atoms with van der Waals surface area (Å²) in [6.45, 7) is 0.465. The van der Waals surface area contributed by atoms with E-state index in [0.29, 0.717) is 13.0 Å². The highest BCUT2D eigenvalue weighted by molar-refractivity contribution is 5.46. The van der Waals surface area contributed by atoms with Crippen molar-refractivity contribution in [2.24, 2.45) is 0 Å². The molecule has 0 bridgehead atoms. The molecule has 0 aliphatic heterocycles. The smallest absolute Gasteiger partial charge is 0.207 e. The van der Waals surface area contributed by atoms with E-state index in [9.17, 15) is 9.90 Å². The monoisotopic (exact) mass is 277 g/mol. The lowest BCUT2D eigenvalue weighted by molar-refractivity contribution is -0.110. The molecule has 1 saturated carbocycles. The molecule has 1 aromatic carbocycles. The predicted molar refractivity (Wildman–Crippen MR) is 77.8 cm³/mol. The molecule has 0 heterocycles. The van der Waals surface area contributed by atoms with Crippen molar-refractivity contribution in [1.29, 1.82) is 0 Å². The van der Waals surface area contributed by atoms with Crippen molar-refractivity contribution in [2.45, 2.75) is 43.6 Å². The lowest BCUT2D eigenvalue weighted by Crippen LogP contribution is -2.42. The molecular weight excluding hydrogens is 254 g/mol. The summed E-state index contributed by atoms with van der Waals surface area (Å²) in [6.07, 6.45) is 5.56. The van der Waals surface area contributed by atoms with Gasteiger partial charge in [-0.3, -0.25) is 4.79 Å². The molecule has 0 saturated heterocycles. The van der Waals surface area contributed by atoms with Crippen LogP contribution in [-0.4, -0.2) is 30.8 Å². The molecular formula is C16H23NO3. The number of amides is 1. The predicted octanol–water partition coefficient (Wildman–Crippen LogP) is 2.22. The van der Waals surface area contributed by atoms with Crippen molar-refractivity contribution >= 4 is 6.41 Å². The molecule has 0 spiro atoms. The molecule has 1 fully saturated rings. The van der Waals surface area contributed by atoms with Gasteiger partial charge in [-0.25, -0.2) is 0 Å². The second kappa shape index (κ2) is 6.75. The van der Waals surface area contributed by atoms with Crippen LogP contribution in [0.15, 0.2) is 24.3 Å². The maximum atomic E-state index is 11.0. The van der Waals surface area contributed by atoms with Crippen molar-refractivity contribution in [2.75, 3.05) is 13.7 Å². The molecule has 0 aromatic heterocycles. The lowest BCUT2D eigenvalue weighted by atomic mass is 9.73. The van der Waals surface area contributed by atoms with E-state index >= 15 is 0 Å². The number of ether oxygens (including phenoxy) is 1. The second-order valence-corrected chi connectivity index (χ2v) is 5.52. The molecule has 1 amide bonds. The Kier molecular flexibility index (Phi) is 5.01. The SMILES string of the molecule is COc1ccc([C@H](CNC=O)C2(O)CCCCC2)cc1. The highest BCUT2D eigenvalue weighted by Crippen LogP contribution is 2.39. The molecule has 4 nitrogen and oxygen atoms in total. The number of hydrogen-bond donors (Lipinski definition) is 2. The first-order chi connectivity index (χ1) is 9.69. The maximum Gasteiger partial charge on any atom is 0.207 e. The van der Waals surface area contributed by atoms with Gasteiger partial charge in [-0.05, 0) is 30.5 Å². The first kappa shape index (κ1) is 14.9. The quantitative estimate of drug-likeness (QED) is 0.784. The molecule has 2 N–H and O–H groups in total. The molecule has 4 heteroatoms. The summed E-state index contributed by atoms with van der Waals surface area (Å²) >= 11 is 0. The van der Waals surface area contributed by atoms with Gasteiger partial charge in [0.05, 0.1) is 12.7 Å². The van der Waals surface area contributed by atoms with Gasteiger partial charge in [-0.15, -0.1) is 0 Å². The van der Waals surface area contributed by atoms with E-state index in [1.165, 1.54) is 6.42 Å². The Balaban J connectivity index is 2.22. The zero-order valence-electron chi connectivity index (χ0n) is 12.0. The van der Waals surface area contributed by atoms with E-state index in [1.807, 2.05) is 24.3 Å². The van der Waals surface area contributed by atoms with Gasteiger partial charge < -0.3 is 15.2 Å². The fraction of sp³-hybridized carbons (Fsp3) is 0.562. The van der Waals surface area contributed by atoms with Gasteiger partial charge in [0.1, 0.15) is 5.75 Å². The normalized spacial score (nSPS) is 19.1. The van der Waals surface area contributed by atoms with E-state index in [1.54, 1.807) is 7.11 Å². The van der Waals surface area contributed by atoms with Gasteiger partial charge in [0, 0.05) is 12.5 Å². The van der Waals surface area contributed by atoms with Crippen LogP contribution in [0.2, 0.25) is 0 Å². The van der Waals surface area contributed by atoms with Gasteiger partial charge in [0.25, 0.3) is 0 Å². The van der Waals surface area contributed by atoms with Gasteiger partial charge in [0.15, 0.2) is 0 Å². The van der Waals surface area contributed by atoms with Crippen LogP contribution < -0.4 is 10.1 Å². The summed E-state index contributed by atoms with van der Waals surface area (Å²) in [7, 11) is 1.63. The van der Waals surface area contributed by atoms with Crippen LogP contribution >= 0.6 is 0 Å². The summed E-state index contributed by atoms with van der Waals surface area (Å²) in [5, 5.41) is 13.7. The number of hydrogen-bond acceptors (Lipinski definition) is 3. The second-order valence-electron chi connectivity index (χ2n) is 5.52. The number of methoxy groups -OCH3 is 1. The fourth-order valence-corrected chi connectivity index (χ4v) is 3.13. The molecule has 110 valence electrons. The van der Waals surface area contributed by atoms with Crippen LogP contribution in [0.4, 0.5) is 0 Å². The Morgan fingerprint density at radius 2 is 1.95 bits per heavy atom. The number of nitrogens with one attached hydrogen (secondary N) is 1. The van der Waals surface area contributed by atoms with E-state index in [-0.39, 0.29) is 5.92 Å². The summed E-state index contributed by atoms with van der Waals surface area (Å²) < 4.78 is 5.17. The molecule has 20 heavy (non-hydrogen) atoms. The molecule has 1 aliphatic carbocycles. The van der Waals surface area contributed by atoms with Crippen molar-refractivity contribution in [1.82, 2.24) is 5.32 Å². The maximum absolute atomic E-state index is 11.0. The summed E-state index contributed by atoms with van der Waals surface area (Å²) in [5.74, 6) is 0.727. The summed E-state index contributed by atoms with van der Waals surface area (Å²) in [4.78, 5) is 10.6. The fourth-order valence-electron chi connectivity index (χ4n) is 3.13. The average Bonchev–Trinajstić information content (AvgIpc) is 2.49. The molecule has 2 rings (SSSR count). The Morgan fingerprint density at radius 1 is 1.30 bits per heavy atom. The van der Waals surface area contributed by atoms with Gasteiger partial charge in [-0.1, -0.05) is 31.4 Å². The summed E-state index contributed by atoms with van der Waals surface area (Å²) in [5.41, 5.74) is 0.326. The minimum Gasteiger partial charge on any atom is -0.497 e. The molecule has 1 aromatic rings. The Morgan fingerprint density at radius 3 is 2.50 bits per heavy atom. The molecule has 0 unspecified atom stereocenters. The third-order valence-electron chi connectivity index (χ3n) is 4.29. The zero-order chi connectivity index (χ0) is 14.4. The largest absolute Gasteiger partial charge is 0.497 e. The first-order valence-corrected chi connectivity index (χ1v) is 7.23. The number of carbonyl (C=O) groups is 1. The van der Waals surface area contributed by atoms with Crippen LogP contribution in [0.3, 0.4) is 0 Å². The van der Waals surface area contributed by atoms with Crippen LogP contribution in [0, 0.1) is 0 Å². The van der Waals surface area contributed by atoms with Gasteiger partial charge >= 0.3 is 0 Å². The average molecular weight is 277 g/mol. The highest BCUT2D eigenvalue weighted by atomic mass is 16.5. The highest BCUT2D eigenvalue weighted by Gasteiger charge is 2.38. The molecule has 1 aliphatic rings. The third kappa shape index (κ3) is 3.31. The van der Waals surface area contributed by atoms with E-state index in [0.717, 1.165) is 37.0 Å². The van der Waals surface area contributed by atoms with Crippen molar-refractivity contribution < 1.29 is 14.6 Å². The van der Waals surface area contributed by atoms with Crippen molar-refractivity contribution in [3.05, 3.63) is 29.8 Å². The van der Waals surface area contributed by atoms with E-state index < -0.39 is 5.60 Å². The minimum atomic E-state index is -0.719. The topological polar surface area (TPSA) is 58.6 Å². The minimum absolute atomic E-state index is 0.0705. The zero-order valence-corrected chi connectivity index (χ0v) is 12.0. The standard InChI is InChI=1S/C16H23NO3/c1-20-14-7-5-13(6-8-14)15(11-17-12-18)16(19)9-3-2-4-10-16/h5-8,12,15,19H,2-4,9-11H2,1H3,(H,17,18)/t15-/m0/s1. The number of aliphatic hydroxyl groups is 1. The number of rotatable bonds is 6. The summed E-state index contributed by atoms with van der Waals surface area (Å²) in [6, 6.07) is 7.75. The Labute approximate surface area is 120 Å². The number of carbonyl (C=O) groups excluding carboxylic acids is 1.